The average Bonchev–Trinajstić information content (AvgIpc) is 2.77. The number of aromatic nitrogens is 3. The summed E-state index contributed by atoms with van der Waals surface area (Å²) in [6.07, 6.45) is 1.40. The number of thiazole rings is 1. The number of para-hydroxylation sites is 1. The maximum Gasteiger partial charge on any atom is 0.157 e. The SMILES string of the molecule is Nc1c(Cl)ncnc1Sc1nc2ccccc2s1. The van der Waals surface area contributed by atoms with Gasteiger partial charge in [-0.2, -0.15) is 0 Å². The van der Waals surface area contributed by atoms with Crippen molar-refractivity contribution in [3.63, 3.8) is 0 Å². The number of fused-ring (bicyclic) bond motifs is 1. The molecule has 2 aromatic heterocycles. The number of rotatable bonds is 2. The molecule has 0 saturated heterocycles. The maximum atomic E-state index is 5.85. The molecule has 0 spiro atoms. The van der Waals surface area contributed by atoms with E-state index in [0.717, 1.165) is 14.6 Å². The average molecular weight is 295 g/mol. The van der Waals surface area contributed by atoms with E-state index >= 15 is 0 Å². The molecule has 90 valence electrons. The van der Waals surface area contributed by atoms with Crippen molar-refractivity contribution in [3.8, 4) is 0 Å². The van der Waals surface area contributed by atoms with Gasteiger partial charge < -0.3 is 5.73 Å². The monoisotopic (exact) mass is 294 g/mol. The Labute approximate surface area is 116 Å². The summed E-state index contributed by atoms with van der Waals surface area (Å²) in [5.74, 6) is 0. The van der Waals surface area contributed by atoms with Gasteiger partial charge in [-0.15, -0.1) is 11.3 Å². The van der Waals surface area contributed by atoms with Crippen LogP contribution in [0.25, 0.3) is 10.2 Å². The Morgan fingerprint density at radius 2 is 2.06 bits per heavy atom. The third kappa shape index (κ3) is 2.14. The van der Waals surface area contributed by atoms with Gasteiger partial charge in [-0.1, -0.05) is 23.7 Å². The highest BCUT2D eigenvalue weighted by Gasteiger charge is 2.11. The largest absolute Gasteiger partial charge is 0.394 e. The quantitative estimate of drug-likeness (QED) is 0.733. The molecule has 0 fully saturated rings. The summed E-state index contributed by atoms with van der Waals surface area (Å²) in [5.41, 5.74) is 7.19. The molecule has 1 aromatic carbocycles. The number of anilines is 1. The molecule has 0 atom stereocenters. The van der Waals surface area contributed by atoms with Crippen molar-refractivity contribution < 1.29 is 0 Å². The maximum absolute atomic E-state index is 5.85. The molecule has 7 heteroatoms. The number of hydrogen-bond acceptors (Lipinski definition) is 6. The van der Waals surface area contributed by atoms with Crippen molar-refractivity contribution in [2.24, 2.45) is 0 Å². The lowest BCUT2D eigenvalue weighted by Crippen LogP contribution is -1.94. The Morgan fingerprint density at radius 1 is 1.22 bits per heavy atom. The number of nitrogens with two attached hydrogens (primary N) is 1. The van der Waals surface area contributed by atoms with E-state index in [-0.39, 0.29) is 5.15 Å². The van der Waals surface area contributed by atoms with E-state index in [4.69, 9.17) is 17.3 Å². The lowest BCUT2D eigenvalue weighted by molar-refractivity contribution is 1.05. The van der Waals surface area contributed by atoms with Crippen LogP contribution >= 0.6 is 34.7 Å². The molecule has 0 unspecified atom stereocenters. The second-order valence-electron chi connectivity index (χ2n) is 3.43. The standard InChI is InChI=1S/C11H7ClN4S2/c12-9-8(13)10(15-5-14-9)18-11-16-6-3-1-2-4-7(6)17-11/h1-5H,13H2. The summed E-state index contributed by atoms with van der Waals surface area (Å²) in [7, 11) is 0. The molecular weight excluding hydrogens is 288 g/mol. The Bertz CT molecular complexity index is 680. The lowest BCUT2D eigenvalue weighted by Gasteiger charge is -2.01. The summed E-state index contributed by atoms with van der Waals surface area (Å²) >= 11 is 8.85. The molecule has 0 bridgehead atoms. The van der Waals surface area contributed by atoms with Gasteiger partial charge in [0, 0.05) is 0 Å². The van der Waals surface area contributed by atoms with E-state index in [1.807, 2.05) is 24.3 Å². The van der Waals surface area contributed by atoms with Gasteiger partial charge in [0.25, 0.3) is 0 Å². The fraction of sp³-hybridized carbons (Fsp3) is 0. The van der Waals surface area contributed by atoms with Crippen molar-refractivity contribution in [1.29, 1.82) is 0 Å². The van der Waals surface area contributed by atoms with Gasteiger partial charge in [0.05, 0.1) is 10.2 Å². The van der Waals surface area contributed by atoms with Crippen LogP contribution in [0.1, 0.15) is 0 Å². The summed E-state index contributed by atoms with van der Waals surface area (Å²) < 4.78 is 2.02. The molecule has 2 N–H and O–H groups in total. The molecule has 0 aliphatic heterocycles. The van der Waals surface area contributed by atoms with Gasteiger partial charge in [0.2, 0.25) is 0 Å². The van der Waals surface area contributed by atoms with E-state index < -0.39 is 0 Å². The van der Waals surface area contributed by atoms with E-state index in [1.165, 1.54) is 18.1 Å². The molecular formula is C11H7ClN4S2. The third-order valence-electron chi connectivity index (χ3n) is 2.26. The molecule has 0 saturated carbocycles. The van der Waals surface area contributed by atoms with Crippen molar-refractivity contribution in [1.82, 2.24) is 15.0 Å². The Kier molecular flexibility index (Phi) is 3.07. The topological polar surface area (TPSA) is 64.7 Å². The van der Waals surface area contributed by atoms with Gasteiger partial charge >= 0.3 is 0 Å². The molecule has 0 radical (unpaired) electrons. The lowest BCUT2D eigenvalue weighted by atomic mass is 10.3. The van der Waals surface area contributed by atoms with Crippen molar-refractivity contribution in [2.75, 3.05) is 5.73 Å². The Hall–Kier alpha value is -1.37. The van der Waals surface area contributed by atoms with Gasteiger partial charge in [0.1, 0.15) is 17.0 Å². The van der Waals surface area contributed by atoms with Gasteiger partial charge in [-0.25, -0.2) is 15.0 Å². The van der Waals surface area contributed by atoms with E-state index in [1.54, 1.807) is 11.3 Å². The van der Waals surface area contributed by atoms with Crippen molar-refractivity contribution in [3.05, 3.63) is 35.7 Å². The van der Waals surface area contributed by atoms with Crippen LogP contribution in [0.3, 0.4) is 0 Å². The molecule has 3 aromatic rings. The van der Waals surface area contributed by atoms with Crippen LogP contribution in [-0.2, 0) is 0 Å². The van der Waals surface area contributed by atoms with E-state index in [2.05, 4.69) is 15.0 Å². The van der Waals surface area contributed by atoms with Crippen molar-refractivity contribution in [2.45, 2.75) is 9.37 Å². The highest BCUT2D eigenvalue weighted by Crippen LogP contribution is 2.36. The van der Waals surface area contributed by atoms with Crippen LogP contribution in [0.2, 0.25) is 5.15 Å². The minimum absolute atomic E-state index is 0.272. The predicted octanol–water partition coefficient (Wildman–Crippen LogP) is 3.47. The molecule has 3 rings (SSSR count). The number of benzene rings is 1. The first-order valence-electron chi connectivity index (χ1n) is 5.03. The number of halogens is 1. The number of nitrogens with zero attached hydrogens (tertiary/aromatic N) is 3. The minimum atomic E-state index is 0.272. The third-order valence-corrected chi connectivity index (χ3v) is 4.67. The highest BCUT2D eigenvalue weighted by molar-refractivity contribution is 8.01. The summed E-state index contributed by atoms with van der Waals surface area (Å²) in [5, 5.41) is 0.905. The predicted molar refractivity (Wildman–Crippen MR) is 75.2 cm³/mol. The fourth-order valence-corrected chi connectivity index (χ4v) is 3.59. The van der Waals surface area contributed by atoms with Gasteiger partial charge in [0.15, 0.2) is 9.49 Å². The first-order chi connectivity index (χ1) is 8.74. The van der Waals surface area contributed by atoms with Crippen LogP contribution in [-0.4, -0.2) is 15.0 Å². The van der Waals surface area contributed by atoms with Gasteiger partial charge in [-0.3, -0.25) is 0 Å². The van der Waals surface area contributed by atoms with Crippen LogP contribution in [0.4, 0.5) is 5.69 Å². The van der Waals surface area contributed by atoms with E-state index in [0.29, 0.717) is 10.7 Å². The summed E-state index contributed by atoms with van der Waals surface area (Å²) in [6, 6.07) is 7.97. The molecule has 0 amide bonds. The fourth-order valence-electron chi connectivity index (χ4n) is 1.42. The highest BCUT2D eigenvalue weighted by atomic mass is 35.5. The second-order valence-corrected chi connectivity index (χ2v) is 6.06. The zero-order chi connectivity index (χ0) is 12.5. The summed E-state index contributed by atoms with van der Waals surface area (Å²) in [6.45, 7) is 0. The molecule has 18 heavy (non-hydrogen) atoms. The molecule has 0 aliphatic carbocycles. The summed E-state index contributed by atoms with van der Waals surface area (Å²) in [4.78, 5) is 12.4. The normalized spacial score (nSPS) is 10.9. The minimum Gasteiger partial charge on any atom is -0.394 e. The Balaban J connectivity index is 1.99. The molecule has 4 nitrogen and oxygen atoms in total. The van der Waals surface area contributed by atoms with Crippen LogP contribution in [0.5, 0.6) is 0 Å². The van der Waals surface area contributed by atoms with Crippen molar-refractivity contribution >= 4 is 50.6 Å². The number of hydrogen-bond donors (Lipinski definition) is 1. The van der Waals surface area contributed by atoms with Gasteiger partial charge in [-0.05, 0) is 23.9 Å². The number of nitrogen functional groups attached to an aromatic ring is 1. The molecule has 0 aliphatic rings. The zero-order valence-electron chi connectivity index (χ0n) is 9.00. The van der Waals surface area contributed by atoms with Crippen LogP contribution in [0.15, 0.2) is 40.0 Å². The first kappa shape index (κ1) is 11.7. The smallest absolute Gasteiger partial charge is 0.157 e. The zero-order valence-corrected chi connectivity index (χ0v) is 11.4. The van der Waals surface area contributed by atoms with Crippen LogP contribution < -0.4 is 5.73 Å². The van der Waals surface area contributed by atoms with Crippen LogP contribution in [0, 0.1) is 0 Å². The Morgan fingerprint density at radius 3 is 2.89 bits per heavy atom. The second kappa shape index (κ2) is 4.72. The first-order valence-corrected chi connectivity index (χ1v) is 7.04. The van der Waals surface area contributed by atoms with E-state index in [9.17, 15) is 0 Å². The molecule has 2 heterocycles.